The first-order chi connectivity index (χ1) is 7.99. The highest BCUT2D eigenvalue weighted by Crippen LogP contribution is 2.14. The summed E-state index contributed by atoms with van der Waals surface area (Å²) in [6, 6.07) is 0. The standard InChI is InChI=1S/C10H14N6O/c1-6(2)7-4-16(14-13-7)8-5-15(3)10(17)12-9(8)11/h4-6H,1-3H3,(H2,11,12,17). The maximum Gasteiger partial charge on any atom is 0.349 e. The molecular weight excluding hydrogens is 220 g/mol. The summed E-state index contributed by atoms with van der Waals surface area (Å²) in [5, 5.41) is 8.00. The number of anilines is 1. The van der Waals surface area contributed by atoms with Gasteiger partial charge in [0.05, 0.1) is 11.9 Å². The first-order valence-corrected chi connectivity index (χ1v) is 5.25. The number of rotatable bonds is 2. The second kappa shape index (κ2) is 4.00. The van der Waals surface area contributed by atoms with Crippen LogP contribution in [-0.4, -0.2) is 24.5 Å². The zero-order valence-corrected chi connectivity index (χ0v) is 9.95. The average Bonchev–Trinajstić information content (AvgIpc) is 2.72. The maximum absolute atomic E-state index is 11.3. The number of hydrogen-bond acceptors (Lipinski definition) is 5. The molecule has 0 spiro atoms. The van der Waals surface area contributed by atoms with E-state index >= 15 is 0 Å². The fourth-order valence-electron chi connectivity index (χ4n) is 1.38. The van der Waals surface area contributed by atoms with E-state index in [4.69, 9.17) is 5.73 Å². The largest absolute Gasteiger partial charge is 0.382 e. The Balaban J connectivity index is 2.52. The maximum atomic E-state index is 11.3. The van der Waals surface area contributed by atoms with Crippen LogP contribution in [0.2, 0.25) is 0 Å². The van der Waals surface area contributed by atoms with E-state index in [2.05, 4.69) is 15.3 Å². The first kappa shape index (κ1) is 11.3. The van der Waals surface area contributed by atoms with Crippen molar-refractivity contribution >= 4 is 5.82 Å². The molecular formula is C10H14N6O. The lowest BCUT2D eigenvalue weighted by Crippen LogP contribution is -2.22. The third kappa shape index (κ3) is 2.03. The van der Waals surface area contributed by atoms with Gasteiger partial charge in [0.15, 0.2) is 5.82 Å². The van der Waals surface area contributed by atoms with E-state index in [1.165, 1.54) is 9.25 Å². The van der Waals surface area contributed by atoms with E-state index in [-0.39, 0.29) is 11.7 Å². The Bertz CT molecular complexity index is 597. The molecule has 0 aromatic carbocycles. The van der Waals surface area contributed by atoms with E-state index in [0.29, 0.717) is 5.69 Å². The fraction of sp³-hybridized carbons (Fsp3) is 0.400. The van der Waals surface area contributed by atoms with Crippen LogP contribution in [0.3, 0.4) is 0 Å². The molecule has 0 saturated heterocycles. The van der Waals surface area contributed by atoms with Gasteiger partial charge in [-0.3, -0.25) is 4.57 Å². The number of nitrogen functional groups attached to an aromatic ring is 1. The topological polar surface area (TPSA) is 91.6 Å². The van der Waals surface area contributed by atoms with Gasteiger partial charge in [-0.05, 0) is 5.92 Å². The molecule has 0 saturated carbocycles. The summed E-state index contributed by atoms with van der Waals surface area (Å²) in [6.07, 6.45) is 3.37. The minimum absolute atomic E-state index is 0.147. The molecule has 2 N–H and O–H groups in total. The molecule has 2 aromatic heterocycles. The van der Waals surface area contributed by atoms with Crippen molar-refractivity contribution < 1.29 is 0 Å². The summed E-state index contributed by atoms with van der Waals surface area (Å²) >= 11 is 0. The quantitative estimate of drug-likeness (QED) is 0.793. The van der Waals surface area contributed by atoms with Crippen LogP contribution >= 0.6 is 0 Å². The molecule has 0 atom stereocenters. The summed E-state index contributed by atoms with van der Waals surface area (Å²) < 4.78 is 2.87. The zero-order valence-electron chi connectivity index (χ0n) is 9.95. The second-order valence-corrected chi connectivity index (χ2v) is 4.15. The van der Waals surface area contributed by atoms with Crippen molar-refractivity contribution in [1.29, 1.82) is 0 Å². The summed E-state index contributed by atoms with van der Waals surface area (Å²) in [5.74, 6) is 0.429. The van der Waals surface area contributed by atoms with Crippen LogP contribution in [0.1, 0.15) is 25.5 Å². The Morgan fingerprint density at radius 1 is 1.35 bits per heavy atom. The monoisotopic (exact) mass is 234 g/mol. The molecule has 0 aliphatic rings. The van der Waals surface area contributed by atoms with Crippen molar-refractivity contribution in [2.45, 2.75) is 19.8 Å². The lowest BCUT2D eigenvalue weighted by Gasteiger charge is -2.05. The fourth-order valence-corrected chi connectivity index (χ4v) is 1.38. The Labute approximate surface area is 97.9 Å². The van der Waals surface area contributed by atoms with Gasteiger partial charge in [-0.1, -0.05) is 19.1 Å². The molecule has 90 valence electrons. The Kier molecular flexibility index (Phi) is 2.66. The van der Waals surface area contributed by atoms with Gasteiger partial charge in [0.1, 0.15) is 5.69 Å². The molecule has 2 rings (SSSR count). The molecule has 2 heterocycles. The Morgan fingerprint density at radius 2 is 2.06 bits per heavy atom. The lowest BCUT2D eigenvalue weighted by molar-refractivity contribution is 0.748. The van der Waals surface area contributed by atoms with Crippen molar-refractivity contribution in [2.75, 3.05) is 5.73 Å². The highest BCUT2D eigenvalue weighted by molar-refractivity contribution is 5.49. The molecule has 2 aromatic rings. The molecule has 0 amide bonds. The van der Waals surface area contributed by atoms with Crippen LogP contribution in [-0.2, 0) is 7.05 Å². The van der Waals surface area contributed by atoms with Crippen LogP contribution in [0, 0.1) is 0 Å². The molecule has 0 radical (unpaired) electrons. The molecule has 0 unspecified atom stereocenters. The van der Waals surface area contributed by atoms with E-state index in [1.807, 2.05) is 13.8 Å². The van der Waals surface area contributed by atoms with Crippen molar-refractivity contribution in [2.24, 2.45) is 7.05 Å². The Hall–Kier alpha value is -2.18. The number of nitrogens with two attached hydrogens (primary N) is 1. The molecule has 0 fully saturated rings. The Morgan fingerprint density at radius 3 is 2.65 bits per heavy atom. The molecule has 0 bridgehead atoms. The summed E-state index contributed by atoms with van der Waals surface area (Å²) in [6.45, 7) is 4.05. The average molecular weight is 234 g/mol. The van der Waals surface area contributed by atoms with Crippen LogP contribution in [0.4, 0.5) is 5.82 Å². The summed E-state index contributed by atoms with van der Waals surface area (Å²) in [4.78, 5) is 15.0. The van der Waals surface area contributed by atoms with Crippen molar-refractivity contribution in [3.63, 3.8) is 0 Å². The third-order valence-electron chi connectivity index (χ3n) is 2.45. The van der Waals surface area contributed by atoms with E-state index < -0.39 is 5.69 Å². The van der Waals surface area contributed by atoms with Crippen LogP contribution < -0.4 is 11.4 Å². The van der Waals surface area contributed by atoms with Crippen molar-refractivity contribution in [3.05, 3.63) is 28.6 Å². The predicted octanol–water partition coefficient (Wildman–Crippen LogP) is 0.0666. The normalized spacial score (nSPS) is 11.1. The van der Waals surface area contributed by atoms with Crippen LogP contribution in [0.15, 0.2) is 17.2 Å². The van der Waals surface area contributed by atoms with Gasteiger partial charge in [0.2, 0.25) is 0 Å². The number of nitrogens with zero attached hydrogens (tertiary/aromatic N) is 5. The second-order valence-electron chi connectivity index (χ2n) is 4.15. The first-order valence-electron chi connectivity index (χ1n) is 5.25. The van der Waals surface area contributed by atoms with Gasteiger partial charge in [-0.25, -0.2) is 9.48 Å². The molecule has 7 nitrogen and oxygen atoms in total. The van der Waals surface area contributed by atoms with Crippen LogP contribution in [0.25, 0.3) is 5.69 Å². The van der Waals surface area contributed by atoms with E-state index in [0.717, 1.165) is 5.69 Å². The highest BCUT2D eigenvalue weighted by atomic mass is 16.1. The minimum Gasteiger partial charge on any atom is -0.382 e. The van der Waals surface area contributed by atoms with E-state index in [1.54, 1.807) is 19.4 Å². The van der Waals surface area contributed by atoms with Crippen molar-refractivity contribution in [3.8, 4) is 5.69 Å². The number of aromatic nitrogens is 5. The predicted molar refractivity (Wildman–Crippen MR) is 62.9 cm³/mol. The third-order valence-corrected chi connectivity index (χ3v) is 2.45. The van der Waals surface area contributed by atoms with Crippen molar-refractivity contribution in [1.82, 2.24) is 24.5 Å². The number of hydrogen-bond donors (Lipinski definition) is 1. The highest BCUT2D eigenvalue weighted by Gasteiger charge is 2.10. The summed E-state index contributed by atoms with van der Waals surface area (Å²) in [7, 11) is 1.61. The van der Waals surface area contributed by atoms with E-state index in [9.17, 15) is 4.79 Å². The van der Waals surface area contributed by atoms with Gasteiger partial charge in [-0.15, -0.1) is 5.10 Å². The van der Waals surface area contributed by atoms with Gasteiger partial charge in [0.25, 0.3) is 0 Å². The molecule has 0 aliphatic carbocycles. The summed E-state index contributed by atoms with van der Waals surface area (Å²) in [5.41, 5.74) is 6.71. The van der Waals surface area contributed by atoms with Gasteiger partial charge >= 0.3 is 5.69 Å². The van der Waals surface area contributed by atoms with Gasteiger partial charge in [-0.2, -0.15) is 4.98 Å². The SMILES string of the molecule is CC(C)c1cn(-c2cn(C)c(=O)nc2N)nn1. The molecule has 0 aliphatic heterocycles. The van der Waals surface area contributed by atoms with Crippen LogP contribution in [0.5, 0.6) is 0 Å². The minimum atomic E-state index is -0.393. The molecule has 17 heavy (non-hydrogen) atoms. The van der Waals surface area contributed by atoms with Gasteiger partial charge in [0, 0.05) is 13.2 Å². The van der Waals surface area contributed by atoms with Gasteiger partial charge < -0.3 is 5.73 Å². The smallest absolute Gasteiger partial charge is 0.349 e. The molecule has 7 heteroatoms. The lowest BCUT2D eigenvalue weighted by atomic mass is 10.2. The number of aryl methyl sites for hydroxylation is 1. The zero-order chi connectivity index (χ0) is 12.6.